The van der Waals surface area contributed by atoms with E-state index < -0.39 is 11.7 Å². The van der Waals surface area contributed by atoms with Crippen LogP contribution in [0.5, 0.6) is 5.75 Å². The molecule has 0 aromatic heterocycles. The number of benzene rings is 2. The fourth-order valence-electron chi connectivity index (χ4n) is 3.40. The topological polar surface area (TPSA) is 73.9 Å². The monoisotopic (exact) mass is 420 g/mol. The van der Waals surface area contributed by atoms with Crippen LogP contribution in [0.3, 0.4) is 0 Å². The molecule has 2 heterocycles. The van der Waals surface area contributed by atoms with Gasteiger partial charge in [0.15, 0.2) is 6.61 Å². The largest absolute Gasteiger partial charge is 0.482 e. The van der Waals surface area contributed by atoms with E-state index in [4.69, 9.17) is 4.74 Å². The first-order valence-electron chi connectivity index (χ1n) is 9.34. The number of amides is 3. The van der Waals surface area contributed by atoms with Crippen molar-refractivity contribution in [2.45, 2.75) is 6.18 Å². The standard InChI is InChI=1S/C20H19F3N4O3/c21-20(22,23)13-2-1-3-15(10-13)26-6-8-27(9-7-26)19(29)24-14-4-5-16-17(11-14)30-12-18(28)25-16/h1-5,10-11H,6-9,12H2,(H,24,29)(H,25,28). The van der Waals surface area contributed by atoms with Crippen LogP contribution in [0.1, 0.15) is 5.56 Å². The summed E-state index contributed by atoms with van der Waals surface area (Å²) < 4.78 is 44.1. The molecule has 10 heteroatoms. The Hall–Kier alpha value is -3.43. The van der Waals surface area contributed by atoms with Crippen molar-refractivity contribution in [3.63, 3.8) is 0 Å². The van der Waals surface area contributed by atoms with Crippen molar-refractivity contribution in [1.82, 2.24) is 4.90 Å². The number of rotatable bonds is 2. The van der Waals surface area contributed by atoms with Crippen LogP contribution in [0.15, 0.2) is 42.5 Å². The quantitative estimate of drug-likeness (QED) is 0.781. The van der Waals surface area contributed by atoms with E-state index in [-0.39, 0.29) is 18.5 Å². The second-order valence-electron chi connectivity index (χ2n) is 7.00. The number of hydrogen-bond acceptors (Lipinski definition) is 4. The minimum Gasteiger partial charge on any atom is -0.482 e. The maximum absolute atomic E-state index is 12.9. The van der Waals surface area contributed by atoms with Crippen molar-refractivity contribution < 1.29 is 27.5 Å². The number of ether oxygens (including phenoxy) is 1. The summed E-state index contributed by atoms with van der Waals surface area (Å²) in [6.45, 7) is 1.52. The third-order valence-corrected chi connectivity index (χ3v) is 4.97. The molecule has 2 aliphatic rings. The molecule has 0 unspecified atom stereocenters. The lowest BCUT2D eigenvalue weighted by atomic mass is 10.1. The lowest BCUT2D eigenvalue weighted by Gasteiger charge is -2.36. The molecule has 2 N–H and O–H groups in total. The first kappa shape index (κ1) is 19.9. The fourth-order valence-corrected chi connectivity index (χ4v) is 3.40. The molecule has 0 atom stereocenters. The van der Waals surface area contributed by atoms with E-state index in [1.165, 1.54) is 6.07 Å². The van der Waals surface area contributed by atoms with Crippen LogP contribution in [0.2, 0.25) is 0 Å². The first-order chi connectivity index (χ1) is 14.3. The smallest absolute Gasteiger partial charge is 0.416 e. The predicted molar refractivity (Wildman–Crippen MR) is 105 cm³/mol. The van der Waals surface area contributed by atoms with Gasteiger partial charge in [-0.05, 0) is 30.3 Å². The van der Waals surface area contributed by atoms with E-state index >= 15 is 0 Å². The van der Waals surface area contributed by atoms with Crippen molar-refractivity contribution in [2.24, 2.45) is 0 Å². The predicted octanol–water partition coefficient (Wildman–Crippen LogP) is 3.39. The van der Waals surface area contributed by atoms with Crippen molar-refractivity contribution in [3.05, 3.63) is 48.0 Å². The summed E-state index contributed by atoms with van der Waals surface area (Å²) in [5.41, 5.74) is 0.860. The number of nitrogens with one attached hydrogen (secondary N) is 2. The molecule has 158 valence electrons. The highest BCUT2D eigenvalue weighted by molar-refractivity contribution is 5.96. The Morgan fingerprint density at radius 1 is 1.07 bits per heavy atom. The number of carbonyl (C=O) groups excluding carboxylic acids is 2. The van der Waals surface area contributed by atoms with Gasteiger partial charge < -0.3 is 25.2 Å². The van der Waals surface area contributed by atoms with Crippen LogP contribution in [-0.4, -0.2) is 49.6 Å². The zero-order valence-corrected chi connectivity index (χ0v) is 15.8. The van der Waals surface area contributed by atoms with E-state index in [1.807, 2.05) is 4.90 Å². The first-order valence-corrected chi connectivity index (χ1v) is 9.34. The van der Waals surface area contributed by atoms with E-state index in [0.717, 1.165) is 12.1 Å². The van der Waals surface area contributed by atoms with Gasteiger partial charge in [-0.3, -0.25) is 4.79 Å². The molecule has 0 saturated carbocycles. The fraction of sp³-hybridized carbons (Fsp3) is 0.300. The van der Waals surface area contributed by atoms with Gasteiger partial charge in [0, 0.05) is 43.6 Å². The van der Waals surface area contributed by atoms with Crippen LogP contribution < -0.4 is 20.3 Å². The van der Waals surface area contributed by atoms with Crippen molar-refractivity contribution in [2.75, 3.05) is 48.3 Å². The average Bonchev–Trinajstić information content (AvgIpc) is 2.73. The summed E-state index contributed by atoms with van der Waals surface area (Å²) >= 11 is 0. The SMILES string of the molecule is O=C1COc2cc(NC(=O)N3CCN(c4cccc(C(F)(F)F)c4)CC3)ccc2N1. The van der Waals surface area contributed by atoms with Crippen LogP contribution in [0, 0.1) is 0 Å². The van der Waals surface area contributed by atoms with Gasteiger partial charge in [-0.15, -0.1) is 0 Å². The van der Waals surface area contributed by atoms with Crippen molar-refractivity contribution >= 4 is 29.0 Å². The minimum absolute atomic E-state index is 0.0814. The summed E-state index contributed by atoms with van der Waals surface area (Å²) in [5.74, 6) is 0.236. The molecule has 4 rings (SSSR count). The number of piperazine rings is 1. The second-order valence-corrected chi connectivity index (χ2v) is 7.00. The Morgan fingerprint density at radius 3 is 2.57 bits per heavy atom. The van der Waals surface area contributed by atoms with Gasteiger partial charge in [0.1, 0.15) is 5.75 Å². The molecule has 1 fully saturated rings. The number of hydrogen-bond donors (Lipinski definition) is 2. The van der Waals surface area contributed by atoms with E-state index in [1.54, 1.807) is 29.2 Å². The Labute approximate surface area is 170 Å². The molecular formula is C20H19F3N4O3. The zero-order valence-electron chi connectivity index (χ0n) is 15.8. The molecule has 7 nitrogen and oxygen atoms in total. The van der Waals surface area contributed by atoms with Gasteiger partial charge in [-0.2, -0.15) is 13.2 Å². The molecule has 2 aromatic carbocycles. The van der Waals surface area contributed by atoms with Gasteiger partial charge in [-0.1, -0.05) is 6.07 Å². The molecule has 2 aliphatic heterocycles. The summed E-state index contributed by atoms with van der Waals surface area (Å²) in [6, 6.07) is 9.82. The van der Waals surface area contributed by atoms with Gasteiger partial charge >= 0.3 is 12.2 Å². The molecule has 0 radical (unpaired) electrons. The van der Waals surface area contributed by atoms with Crippen LogP contribution >= 0.6 is 0 Å². The number of halogens is 3. The summed E-state index contributed by atoms with van der Waals surface area (Å²) in [5, 5.41) is 5.46. The van der Waals surface area contributed by atoms with Gasteiger partial charge in [0.2, 0.25) is 0 Å². The normalized spacial score (nSPS) is 16.4. The molecule has 30 heavy (non-hydrogen) atoms. The molecular weight excluding hydrogens is 401 g/mol. The van der Waals surface area contributed by atoms with Crippen LogP contribution in [-0.2, 0) is 11.0 Å². The number of nitrogens with zero attached hydrogens (tertiary/aromatic N) is 2. The lowest BCUT2D eigenvalue weighted by Crippen LogP contribution is -2.50. The third-order valence-electron chi connectivity index (χ3n) is 4.97. The van der Waals surface area contributed by atoms with Crippen LogP contribution in [0.25, 0.3) is 0 Å². The minimum atomic E-state index is -4.39. The summed E-state index contributed by atoms with van der Waals surface area (Å²) in [6.07, 6.45) is -4.39. The van der Waals surface area contributed by atoms with E-state index in [9.17, 15) is 22.8 Å². The highest BCUT2D eigenvalue weighted by Gasteiger charge is 2.31. The Kier molecular flexibility index (Phi) is 5.15. The maximum atomic E-state index is 12.9. The average molecular weight is 420 g/mol. The van der Waals surface area contributed by atoms with Crippen molar-refractivity contribution in [3.8, 4) is 5.75 Å². The highest BCUT2D eigenvalue weighted by atomic mass is 19.4. The Bertz CT molecular complexity index is 972. The van der Waals surface area contributed by atoms with Crippen LogP contribution in [0.4, 0.5) is 35.0 Å². The van der Waals surface area contributed by atoms with Crippen molar-refractivity contribution in [1.29, 1.82) is 0 Å². The summed E-state index contributed by atoms with van der Waals surface area (Å²) in [7, 11) is 0. The second kappa shape index (κ2) is 7.77. The molecule has 0 spiro atoms. The third kappa shape index (κ3) is 4.27. The number of alkyl halides is 3. The number of fused-ring (bicyclic) bond motifs is 1. The van der Waals surface area contributed by atoms with E-state index in [0.29, 0.717) is 49.0 Å². The molecule has 3 amide bonds. The van der Waals surface area contributed by atoms with Gasteiger partial charge in [-0.25, -0.2) is 4.79 Å². The lowest BCUT2D eigenvalue weighted by molar-refractivity contribution is -0.137. The summed E-state index contributed by atoms with van der Waals surface area (Å²) in [4.78, 5) is 27.3. The molecule has 1 saturated heterocycles. The molecule has 2 aromatic rings. The Morgan fingerprint density at radius 2 is 1.83 bits per heavy atom. The molecule has 0 bridgehead atoms. The highest BCUT2D eigenvalue weighted by Crippen LogP contribution is 2.32. The number of carbonyl (C=O) groups is 2. The van der Waals surface area contributed by atoms with Gasteiger partial charge in [0.25, 0.3) is 5.91 Å². The maximum Gasteiger partial charge on any atom is 0.416 e. The number of anilines is 3. The number of urea groups is 1. The Balaban J connectivity index is 1.35. The molecule has 0 aliphatic carbocycles. The van der Waals surface area contributed by atoms with E-state index in [2.05, 4.69) is 10.6 Å². The zero-order chi connectivity index (χ0) is 21.3. The van der Waals surface area contributed by atoms with Gasteiger partial charge in [0.05, 0.1) is 11.3 Å².